The van der Waals surface area contributed by atoms with Gasteiger partial charge in [0.15, 0.2) is 0 Å². The first-order valence-corrected chi connectivity index (χ1v) is 17.5. The summed E-state index contributed by atoms with van der Waals surface area (Å²) in [5.41, 5.74) is 16.7. The predicted octanol–water partition coefficient (Wildman–Crippen LogP) is 11.4. The molecule has 0 radical (unpaired) electrons. The molecule has 4 aromatic carbocycles. The summed E-state index contributed by atoms with van der Waals surface area (Å²) in [6.45, 7) is 24.2. The summed E-state index contributed by atoms with van der Waals surface area (Å²) < 4.78 is 1.42. The van der Waals surface area contributed by atoms with E-state index in [0.29, 0.717) is 5.92 Å². The molecule has 0 heterocycles. The van der Waals surface area contributed by atoms with Crippen molar-refractivity contribution in [1.82, 2.24) is 0 Å². The Morgan fingerprint density at radius 1 is 0.689 bits per heavy atom. The second kappa shape index (κ2) is 14.3. The molecule has 2 aliphatic carbocycles. The number of benzene rings is 4. The van der Waals surface area contributed by atoms with E-state index in [1.807, 2.05) is 0 Å². The second-order valence-electron chi connectivity index (χ2n) is 14.8. The molecular weight excluding hydrogens is 620 g/mol. The Morgan fingerprint density at radius 3 is 1.64 bits per heavy atom. The van der Waals surface area contributed by atoms with Crippen LogP contribution in [-0.2, 0) is 41.5 Å². The Kier molecular flexibility index (Phi) is 11.1. The van der Waals surface area contributed by atoms with E-state index in [-0.39, 0.29) is 10.8 Å². The van der Waals surface area contributed by atoms with Crippen LogP contribution in [0, 0.1) is 31.9 Å². The van der Waals surface area contributed by atoms with Crippen LogP contribution in [0.5, 0.6) is 0 Å². The SMILES string of the molecule is CC(C)(C)c1[c-]c2c(cc1)-c1ccc(C(C)(C)C)cc1C2.CC1=[C-]C(C)C=C1C.Cc1ccc([C](=[Zr+2])c2ccc(C)cc2)cc1. The van der Waals surface area contributed by atoms with Crippen molar-refractivity contribution < 1.29 is 24.2 Å². The maximum absolute atomic E-state index is 3.67. The van der Waals surface area contributed by atoms with Gasteiger partial charge in [0.2, 0.25) is 0 Å². The van der Waals surface area contributed by atoms with E-state index in [9.17, 15) is 0 Å². The average Bonchev–Trinajstić information content (AvgIpc) is 3.49. The summed E-state index contributed by atoms with van der Waals surface area (Å²) in [5.74, 6) is 0.551. The first-order chi connectivity index (χ1) is 21.0. The van der Waals surface area contributed by atoms with E-state index in [0.717, 1.165) is 6.42 Å². The van der Waals surface area contributed by atoms with Gasteiger partial charge in [-0.2, -0.15) is 29.8 Å². The molecule has 45 heavy (non-hydrogen) atoms. The van der Waals surface area contributed by atoms with Crippen LogP contribution >= 0.6 is 0 Å². The van der Waals surface area contributed by atoms with Crippen LogP contribution in [0.15, 0.2) is 96.1 Å². The van der Waals surface area contributed by atoms with Gasteiger partial charge in [-0.15, -0.1) is 18.1 Å². The van der Waals surface area contributed by atoms with Crippen molar-refractivity contribution in [2.24, 2.45) is 5.92 Å². The topological polar surface area (TPSA) is 0 Å². The molecule has 0 aliphatic heterocycles. The third-order valence-corrected chi connectivity index (χ3v) is 10.1. The summed E-state index contributed by atoms with van der Waals surface area (Å²) in [7, 11) is 0. The van der Waals surface area contributed by atoms with Gasteiger partial charge < -0.3 is 0 Å². The van der Waals surface area contributed by atoms with Crippen LogP contribution in [0.25, 0.3) is 11.1 Å². The Balaban J connectivity index is 0.000000169. The molecular formula is C44H50Zr. The Morgan fingerprint density at radius 2 is 1.22 bits per heavy atom. The van der Waals surface area contributed by atoms with Crippen molar-refractivity contribution >= 4 is 3.21 Å². The van der Waals surface area contributed by atoms with E-state index in [4.69, 9.17) is 0 Å². The van der Waals surface area contributed by atoms with Gasteiger partial charge >= 0.3 is 112 Å². The van der Waals surface area contributed by atoms with Gasteiger partial charge in [-0.3, -0.25) is 6.08 Å². The average molecular weight is 670 g/mol. The minimum absolute atomic E-state index is 0.167. The van der Waals surface area contributed by atoms with Gasteiger partial charge in [0.25, 0.3) is 0 Å². The second-order valence-corrected chi connectivity index (χ2v) is 16.1. The molecule has 4 aromatic rings. The Hall–Kier alpha value is -2.89. The molecule has 0 N–H and O–H groups in total. The van der Waals surface area contributed by atoms with Crippen molar-refractivity contribution in [3.63, 3.8) is 0 Å². The number of hydrogen-bond donors (Lipinski definition) is 0. The summed E-state index contributed by atoms with van der Waals surface area (Å²) in [4.78, 5) is 0. The fourth-order valence-electron chi connectivity index (χ4n) is 5.63. The number of rotatable bonds is 2. The molecule has 2 aliphatic rings. The van der Waals surface area contributed by atoms with Gasteiger partial charge in [0.05, 0.1) is 0 Å². The number of aryl methyl sites for hydroxylation is 2. The van der Waals surface area contributed by atoms with Gasteiger partial charge in [0.1, 0.15) is 0 Å². The fraction of sp³-hybridized carbons (Fsp3) is 0.341. The molecule has 6 rings (SSSR count). The molecule has 0 nitrogen and oxygen atoms in total. The van der Waals surface area contributed by atoms with Crippen LogP contribution < -0.4 is 0 Å². The molecule has 0 amide bonds. The first kappa shape index (κ1) is 35.0. The van der Waals surface area contributed by atoms with Gasteiger partial charge in [-0.05, 0) is 28.4 Å². The Bertz CT molecular complexity index is 1590. The van der Waals surface area contributed by atoms with E-state index in [1.54, 1.807) is 0 Å². The number of allylic oxidation sites excluding steroid dienone is 4. The first-order valence-electron chi connectivity index (χ1n) is 16.2. The quantitative estimate of drug-likeness (QED) is 0.164. The molecule has 1 heteroatoms. The zero-order valence-electron chi connectivity index (χ0n) is 29.4. The summed E-state index contributed by atoms with van der Waals surface area (Å²) in [6, 6.07) is 32.7. The van der Waals surface area contributed by atoms with Gasteiger partial charge in [0, 0.05) is 0 Å². The third-order valence-electron chi connectivity index (χ3n) is 8.68. The fourth-order valence-corrected chi connectivity index (χ4v) is 6.45. The van der Waals surface area contributed by atoms with Crippen molar-refractivity contribution in [3.05, 3.63) is 153 Å². The third kappa shape index (κ3) is 9.11. The standard InChI is InChI=1S/C21H25.C15H14.C8H11.Zr/c1-20(2,3)16-7-9-18-14(12-16)11-15-13-17(21(4,5)6)8-10-19(15)18;1-12-3-7-14(8-4-12)11-15-9-5-13(2)6-10-15;1-6-4-7(2)8(3)5-6;/h7-10,12H,11H2,1-6H3;3-10H,1-2H3;4,6H,1-3H3;/q-1;;-1;+2. The summed E-state index contributed by atoms with van der Waals surface area (Å²) in [6.07, 6.45) is 6.55. The van der Waals surface area contributed by atoms with Crippen molar-refractivity contribution in [1.29, 1.82) is 0 Å². The van der Waals surface area contributed by atoms with Crippen LogP contribution in [0.3, 0.4) is 0 Å². The van der Waals surface area contributed by atoms with Crippen LogP contribution in [0.4, 0.5) is 0 Å². The normalized spacial score (nSPS) is 15.1. The maximum atomic E-state index is 3.67. The van der Waals surface area contributed by atoms with Crippen LogP contribution in [-0.4, -0.2) is 3.21 Å². The summed E-state index contributed by atoms with van der Waals surface area (Å²) >= 11 is 1.46. The minimum atomic E-state index is 0.167. The van der Waals surface area contributed by atoms with Gasteiger partial charge in [-0.25, -0.2) is 11.1 Å². The number of fused-ring (bicyclic) bond motifs is 3. The van der Waals surface area contributed by atoms with Crippen LogP contribution in [0.1, 0.15) is 107 Å². The van der Waals surface area contributed by atoms with Crippen molar-refractivity contribution in [3.8, 4) is 11.1 Å². The predicted molar refractivity (Wildman–Crippen MR) is 192 cm³/mol. The molecule has 0 saturated heterocycles. The zero-order chi connectivity index (χ0) is 33.1. The molecule has 1 unspecified atom stereocenters. The molecule has 0 fully saturated rings. The molecule has 0 saturated carbocycles. The van der Waals surface area contributed by atoms with E-state index < -0.39 is 0 Å². The summed E-state index contributed by atoms with van der Waals surface area (Å²) in [5, 5.41) is 0. The Labute approximate surface area is 289 Å². The van der Waals surface area contributed by atoms with E-state index >= 15 is 0 Å². The van der Waals surface area contributed by atoms with Gasteiger partial charge in [-0.1, -0.05) is 85.1 Å². The molecule has 1 atom stereocenters. The molecule has 0 bridgehead atoms. The molecule has 230 valence electrons. The zero-order valence-corrected chi connectivity index (χ0v) is 31.8. The van der Waals surface area contributed by atoms with E-state index in [1.165, 1.54) is 94.2 Å². The molecule has 0 aromatic heterocycles. The van der Waals surface area contributed by atoms with E-state index in [2.05, 4.69) is 173 Å². The molecule has 0 spiro atoms. The van der Waals surface area contributed by atoms with Crippen LogP contribution in [0.2, 0.25) is 0 Å². The van der Waals surface area contributed by atoms with Crippen molar-refractivity contribution in [2.45, 2.75) is 93.4 Å². The van der Waals surface area contributed by atoms with Crippen molar-refractivity contribution in [2.75, 3.05) is 0 Å². The monoisotopic (exact) mass is 668 g/mol. The number of hydrogen-bond acceptors (Lipinski definition) is 0.